The van der Waals surface area contributed by atoms with E-state index in [4.69, 9.17) is 0 Å². The van der Waals surface area contributed by atoms with Crippen molar-refractivity contribution in [3.05, 3.63) is 78.2 Å². The minimum atomic E-state index is 0.503. The molecule has 3 aromatic heterocycles. The predicted octanol–water partition coefficient (Wildman–Crippen LogP) is 4.43. The second kappa shape index (κ2) is 7.79. The summed E-state index contributed by atoms with van der Waals surface area (Å²) in [4.78, 5) is 22.1. The lowest BCUT2D eigenvalue weighted by Gasteiger charge is -2.09. The lowest BCUT2D eigenvalue weighted by molar-refractivity contribution is 1.11. The Morgan fingerprint density at radius 1 is 0.679 bits per heavy atom. The summed E-state index contributed by atoms with van der Waals surface area (Å²) in [5.74, 6) is 2.32. The molecule has 0 amide bonds. The zero-order chi connectivity index (χ0) is 19.3. The van der Waals surface area contributed by atoms with Crippen molar-refractivity contribution in [2.24, 2.45) is 0 Å². The van der Waals surface area contributed by atoms with Crippen LogP contribution in [0.4, 0.5) is 23.3 Å². The highest BCUT2D eigenvalue weighted by Crippen LogP contribution is 2.19. The van der Waals surface area contributed by atoms with E-state index >= 15 is 0 Å². The van der Waals surface area contributed by atoms with Gasteiger partial charge in [-0.2, -0.15) is 4.98 Å². The second-order valence-corrected chi connectivity index (χ2v) is 6.31. The van der Waals surface area contributed by atoms with Crippen molar-refractivity contribution in [3.63, 3.8) is 0 Å². The van der Waals surface area contributed by atoms with E-state index in [1.54, 1.807) is 24.5 Å². The van der Waals surface area contributed by atoms with Crippen LogP contribution in [0.2, 0.25) is 0 Å². The lowest BCUT2D eigenvalue weighted by Crippen LogP contribution is -2.02. The van der Waals surface area contributed by atoms with Gasteiger partial charge in [0, 0.05) is 23.8 Å². The van der Waals surface area contributed by atoms with Gasteiger partial charge in [0.25, 0.3) is 0 Å². The van der Waals surface area contributed by atoms with Crippen LogP contribution >= 0.6 is 0 Å². The molecule has 0 unspecified atom stereocenters. The average molecular weight is 369 g/mol. The van der Waals surface area contributed by atoms with Gasteiger partial charge >= 0.3 is 0 Å². The molecule has 7 heteroatoms. The minimum Gasteiger partial charge on any atom is -0.325 e. The quantitative estimate of drug-likeness (QED) is 0.538. The molecule has 4 rings (SSSR count). The summed E-state index contributed by atoms with van der Waals surface area (Å²) in [5, 5.41) is 6.39. The molecule has 1 aromatic carbocycles. The Kier molecular flexibility index (Phi) is 4.88. The van der Waals surface area contributed by atoms with E-state index in [2.05, 4.69) is 35.6 Å². The van der Waals surface area contributed by atoms with Crippen LogP contribution in [0.25, 0.3) is 11.5 Å². The number of nitrogens with one attached hydrogen (secondary N) is 2. The van der Waals surface area contributed by atoms with E-state index < -0.39 is 0 Å². The van der Waals surface area contributed by atoms with Crippen molar-refractivity contribution in [2.75, 3.05) is 10.6 Å². The number of rotatable bonds is 5. The third-order valence-electron chi connectivity index (χ3n) is 3.99. The first-order valence-corrected chi connectivity index (χ1v) is 8.86. The molecule has 0 fully saturated rings. The van der Waals surface area contributed by atoms with Crippen LogP contribution in [-0.2, 0) is 0 Å². The lowest BCUT2D eigenvalue weighted by atomic mass is 10.2. The van der Waals surface area contributed by atoms with Crippen molar-refractivity contribution in [1.82, 2.24) is 24.9 Å². The maximum Gasteiger partial charge on any atom is 0.229 e. The number of benzene rings is 1. The molecule has 0 spiro atoms. The number of hydrogen-bond donors (Lipinski definition) is 2. The molecule has 0 aliphatic carbocycles. The molecule has 3 heterocycles. The zero-order valence-corrected chi connectivity index (χ0v) is 15.6. The molecule has 138 valence electrons. The fraction of sp³-hybridized carbons (Fsp3) is 0.0952. The van der Waals surface area contributed by atoms with Gasteiger partial charge in [-0.15, -0.1) is 0 Å². The number of nitrogens with zero attached hydrogens (tertiary/aromatic N) is 5. The van der Waals surface area contributed by atoms with Crippen LogP contribution < -0.4 is 10.6 Å². The first kappa shape index (κ1) is 17.5. The van der Waals surface area contributed by atoms with Crippen molar-refractivity contribution in [1.29, 1.82) is 0 Å². The predicted molar refractivity (Wildman–Crippen MR) is 110 cm³/mol. The van der Waals surface area contributed by atoms with E-state index in [9.17, 15) is 0 Å². The molecule has 0 bridgehead atoms. The Morgan fingerprint density at radius 2 is 1.43 bits per heavy atom. The fourth-order valence-electron chi connectivity index (χ4n) is 2.61. The summed E-state index contributed by atoms with van der Waals surface area (Å²) in [6.07, 6.45) is 3.39. The normalized spacial score (nSPS) is 10.5. The smallest absolute Gasteiger partial charge is 0.229 e. The molecule has 0 radical (unpaired) electrons. The van der Waals surface area contributed by atoms with Gasteiger partial charge in [-0.3, -0.25) is 0 Å². The van der Waals surface area contributed by atoms with Crippen molar-refractivity contribution in [3.8, 4) is 11.5 Å². The Morgan fingerprint density at radius 3 is 2.21 bits per heavy atom. The number of aromatic nitrogens is 5. The van der Waals surface area contributed by atoms with Gasteiger partial charge in [0.15, 0.2) is 5.82 Å². The van der Waals surface area contributed by atoms with E-state index in [0.29, 0.717) is 23.4 Å². The highest BCUT2D eigenvalue weighted by molar-refractivity contribution is 5.59. The molecule has 0 saturated carbocycles. The van der Waals surface area contributed by atoms with Gasteiger partial charge < -0.3 is 10.6 Å². The van der Waals surface area contributed by atoms with E-state index in [0.717, 1.165) is 17.1 Å². The monoisotopic (exact) mass is 369 g/mol. The summed E-state index contributed by atoms with van der Waals surface area (Å²) < 4.78 is 0. The molecule has 0 aliphatic rings. The first-order valence-electron chi connectivity index (χ1n) is 8.86. The Hall–Kier alpha value is -3.87. The summed E-state index contributed by atoms with van der Waals surface area (Å²) in [7, 11) is 0. The van der Waals surface area contributed by atoms with Crippen LogP contribution in [0.1, 0.15) is 11.3 Å². The van der Waals surface area contributed by atoms with Crippen LogP contribution in [-0.4, -0.2) is 24.9 Å². The van der Waals surface area contributed by atoms with Crippen molar-refractivity contribution >= 4 is 23.3 Å². The van der Waals surface area contributed by atoms with Gasteiger partial charge in [0.1, 0.15) is 17.3 Å². The van der Waals surface area contributed by atoms with Gasteiger partial charge in [-0.1, -0.05) is 23.8 Å². The molecule has 2 N–H and O–H groups in total. The molecule has 0 aliphatic heterocycles. The maximum atomic E-state index is 4.54. The fourth-order valence-corrected chi connectivity index (χ4v) is 2.61. The van der Waals surface area contributed by atoms with E-state index in [1.165, 1.54) is 5.56 Å². The first-order chi connectivity index (χ1) is 13.7. The Bertz CT molecular complexity index is 1090. The standard InChI is InChI=1S/C21H19N7/c1-14-6-8-16(9-7-14)25-21-23-13-11-19(28-21)26-18-10-12-22-20(27-18)17-5-3-4-15(2)24-17/h3-13H,1-2H3,(H2,22,23,25,26,27,28). The van der Waals surface area contributed by atoms with Crippen LogP contribution in [0.5, 0.6) is 0 Å². The third kappa shape index (κ3) is 4.27. The topological polar surface area (TPSA) is 88.5 Å². The molecule has 28 heavy (non-hydrogen) atoms. The van der Waals surface area contributed by atoms with Crippen LogP contribution in [0, 0.1) is 13.8 Å². The summed E-state index contributed by atoms with van der Waals surface area (Å²) in [6.45, 7) is 3.99. The van der Waals surface area contributed by atoms with E-state index in [1.807, 2.05) is 56.3 Å². The summed E-state index contributed by atoms with van der Waals surface area (Å²) in [6, 6.07) is 17.4. The van der Waals surface area contributed by atoms with Gasteiger partial charge in [0.2, 0.25) is 5.95 Å². The Balaban J connectivity index is 1.53. The number of aryl methyl sites for hydroxylation is 2. The molecule has 7 nitrogen and oxygen atoms in total. The zero-order valence-electron chi connectivity index (χ0n) is 15.6. The second-order valence-electron chi connectivity index (χ2n) is 6.31. The van der Waals surface area contributed by atoms with Gasteiger partial charge in [-0.25, -0.2) is 19.9 Å². The van der Waals surface area contributed by atoms with Crippen LogP contribution in [0.15, 0.2) is 67.0 Å². The molecule has 4 aromatic rings. The molecule has 0 saturated heterocycles. The Labute approximate surface area is 163 Å². The van der Waals surface area contributed by atoms with Gasteiger partial charge in [0.05, 0.1) is 0 Å². The largest absolute Gasteiger partial charge is 0.325 e. The summed E-state index contributed by atoms with van der Waals surface area (Å²) in [5.41, 5.74) is 3.78. The molecular weight excluding hydrogens is 350 g/mol. The number of anilines is 4. The highest BCUT2D eigenvalue weighted by atomic mass is 15.2. The average Bonchev–Trinajstić information content (AvgIpc) is 2.70. The minimum absolute atomic E-state index is 0.503. The van der Waals surface area contributed by atoms with Crippen LogP contribution in [0.3, 0.4) is 0 Å². The summed E-state index contributed by atoms with van der Waals surface area (Å²) >= 11 is 0. The third-order valence-corrected chi connectivity index (χ3v) is 3.99. The number of pyridine rings is 1. The van der Waals surface area contributed by atoms with Crippen molar-refractivity contribution < 1.29 is 0 Å². The SMILES string of the molecule is Cc1ccc(Nc2nccc(Nc3ccnc(-c4cccc(C)n4)n3)n2)cc1. The van der Waals surface area contributed by atoms with E-state index in [-0.39, 0.29) is 0 Å². The molecule has 0 atom stereocenters. The van der Waals surface area contributed by atoms with Crippen molar-refractivity contribution in [2.45, 2.75) is 13.8 Å². The highest BCUT2D eigenvalue weighted by Gasteiger charge is 2.06. The molecular formula is C21H19N7. The maximum absolute atomic E-state index is 4.54. The van der Waals surface area contributed by atoms with Gasteiger partial charge in [-0.05, 0) is 50.2 Å². The number of hydrogen-bond acceptors (Lipinski definition) is 7.